The summed E-state index contributed by atoms with van der Waals surface area (Å²) in [5.41, 5.74) is 1.74. The van der Waals surface area contributed by atoms with Crippen LogP contribution in [0.5, 0.6) is 0 Å². The van der Waals surface area contributed by atoms with Gasteiger partial charge in [0.15, 0.2) is 5.82 Å². The van der Waals surface area contributed by atoms with E-state index in [1.807, 2.05) is 18.2 Å². The number of hydrogen-bond acceptors (Lipinski definition) is 5. The van der Waals surface area contributed by atoms with Crippen molar-refractivity contribution in [2.45, 2.75) is 33.9 Å². The number of nitrogens with one attached hydrogen (secondary N) is 1. The lowest BCUT2D eigenvalue weighted by Gasteiger charge is -2.12. The highest BCUT2D eigenvalue weighted by Gasteiger charge is 2.24. The number of benzene rings is 1. The number of amides is 1. The largest absolute Gasteiger partial charge is 0.312 e. The molecule has 0 saturated carbocycles. The predicted molar refractivity (Wildman–Crippen MR) is 109 cm³/mol. The Hall–Kier alpha value is -3.20. The van der Waals surface area contributed by atoms with Crippen LogP contribution in [0.2, 0.25) is 5.02 Å². The van der Waals surface area contributed by atoms with E-state index in [0.717, 1.165) is 5.56 Å². The molecule has 1 aromatic carbocycles. The van der Waals surface area contributed by atoms with Crippen LogP contribution in [0.1, 0.15) is 23.9 Å². The van der Waals surface area contributed by atoms with Crippen LogP contribution >= 0.6 is 11.6 Å². The molecule has 0 saturated heterocycles. The fourth-order valence-corrected chi connectivity index (χ4v) is 3.27. The van der Waals surface area contributed by atoms with Crippen molar-refractivity contribution in [2.75, 3.05) is 5.32 Å². The van der Waals surface area contributed by atoms with E-state index in [9.17, 15) is 14.9 Å². The molecule has 10 heteroatoms. The molecule has 2 aromatic heterocycles. The number of nitro groups is 1. The Morgan fingerprint density at radius 1 is 1.31 bits per heavy atom. The van der Waals surface area contributed by atoms with Gasteiger partial charge in [-0.05, 0) is 31.5 Å². The summed E-state index contributed by atoms with van der Waals surface area (Å²) in [6.07, 6.45) is 1.77. The minimum Gasteiger partial charge on any atom is -0.309 e. The third kappa shape index (κ3) is 4.80. The zero-order chi connectivity index (χ0) is 21.1. The molecule has 0 aliphatic heterocycles. The lowest BCUT2D eigenvalue weighted by molar-refractivity contribution is -0.386. The van der Waals surface area contributed by atoms with Crippen molar-refractivity contribution in [3.8, 4) is 0 Å². The second kappa shape index (κ2) is 8.44. The van der Waals surface area contributed by atoms with Gasteiger partial charge in [0.1, 0.15) is 11.4 Å². The number of carbonyl (C=O) groups excluding carboxylic acids is 1. The van der Waals surface area contributed by atoms with Crippen molar-refractivity contribution in [1.82, 2.24) is 19.6 Å². The zero-order valence-corrected chi connectivity index (χ0v) is 17.1. The van der Waals surface area contributed by atoms with E-state index in [1.54, 1.807) is 43.8 Å². The number of hydrogen-bond donors (Lipinski definition) is 1. The van der Waals surface area contributed by atoms with Crippen molar-refractivity contribution in [3.05, 3.63) is 68.6 Å². The Morgan fingerprint density at radius 3 is 2.72 bits per heavy atom. The molecule has 2 heterocycles. The highest BCUT2D eigenvalue weighted by atomic mass is 35.5. The second-order valence-corrected chi connectivity index (χ2v) is 7.31. The SMILES string of the molecule is Cc1nn(CC(C)C(=O)Nc2ccn(Cc3cccc(Cl)c3)n2)c(C)c1[N+](=O)[O-]. The smallest absolute Gasteiger partial charge is 0.309 e. The van der Waals surface area contributed by atoms with Crippen LogP contribution in [0.3, 0.4) is 0 Å². The third-order valence-electron chi connectivity index (χ3n) is 4.55. The molecule has 9 nitrogen and oxygen atoms in total. The van der Waals surface area contributed by atoms with Gasteiger partial charge in [-0.2, -0.15) is 10.2 Å². The highest BCUT2D eigenvalue weighted by molar-refractivity contribution is 6.30. The van der Waals surface area contributed by atoms with E-state index >= 15 is 0 Å². The first-order valence-electron chi connectivity index (χ1n) is 9.01. The molecule has 0 radical (unpaired) electrons. The lowest BCUT2D eigenvalue weighted by Crippen LogP contribution is -2.25. The molecular weight excluding hydrogens is 396 g/mol. The standard InChI is InChI=1S/C19H21ClN6O3/c1-12(10-25-14(3)18(26(28)29)13(2)22-25)19(27)21-17-7-8-24(23-17)11-15-5-4-6-16(20)9-15/h4-9,12H,10-11H2,1-3H3,(H,21,23,27). The van der Waals surface area contributed by atoms with Crippen molar-refractivity contribution < 1.29 is 9.72 Å². The van der Waals surface area contributed by atoms with Gasteiger partial charge in [0, 0.05) is 17.3 Å². The van der Waals surface area contributed by atoms with Crippen molar-refractivity contribution in [3.63, 3.8) is 0 Å². The molecule has 0 aliphatic rings. The molecule has 29 heavy (non-hydrogen) atoms. The van der Waals surface area contributed by atoms with Gasteiger partial charge in [0.05, 0.1) is 23.9 Å². The van der Waals surface area contributed by atoms with Gasteiger partial charge in [-0.15, -0.1) is 0 Å². The summed E-state index contributed by atoms with van der Waals surface area (Å²) in [4.78, 5) is 23.2. The molecular formula is C19H21ClN6O3. The van der Waals surface area contributed by atoms with E-state index in [0.29, 0.717) is 28.8 Å². The molecule has 0 bridgehead atoms. The van der Waals surface area contributed by atoms with Crippen LogP contribution in [0.15, 0.2) is 36.5 Å². The van der Waals surface area contributed by atoms with Crippen LogP contribution in [-0.4, -0.2) is 30.4 Å². The molecule has 152 valence electrons. The molecule has 3 rings (SSSR count). The Labute approximate surface area is 172 Å². The van der Waals surface area contributed by atoms with E-state index < -0.39 is 10.8 Å². The summed E-state index contributed by atoms with van der Waals surface area (Å²) in [7, 11) is 0. The summed E-state index contributed by atoms with van der Waals surface area (Å²) in [5.74, 6) is -0.262. The average Bonchev–Trinajstić information content (AvgIpc) is 3.18. The summed E-state index contributed by atoms with van der Waals surface area (Å²) in [6.45, 7) is 5.71. The van der Waals surface area contributed by atoms with Gasteiger partial charge in [-0.25, -0.2) is 0 Å². The first-order chi connectivity index (χ1) is 13.7. The Balaban J connectivity index is 1.62. The number of halogens is 1. The van der Waals surface area contributed by atoms with Gasteiger partial charge in [-0.1, -0.05) is 30.7 Å². The maximum atomic E-state index is 12.5. The number of anilines is 1. The first-order valence-corrected chi connectivity index (χ1v) is 9.39. The van der Waals surface area contributed by atoms with Crippen molar-refractivity contribution in [1.29, 1.82) is 0 Å². The molecule has 1 N–H and O–H groups in total. The van der Waals surface area contributed by atoms with Gasteiger partial charge in [0.25, 0.3) is 0 Å². The number of carbonyl (C=O) groups is 1. The normalized spacial score (nSPS) is 12.0. The van der Waals surface area contributed by atoms with Gasteiger partial charge in [0.2, 0.25) is 5.91 Å². The maximum absolute atomic E-state index is 12.5. The van der Waals surface area contributed by atoms with E-state index in [2.05, 4.69) is 15.5 Å². The van der Waals surface area contributed by atoms with E-state index in [1.165, 1.54) is 4.68 Å². The maximum Gasteiger partial charge on any atom is 0.312 e. The van der Waals surface area contributed by atoms with Crippen LogP contribution in [0.25, 0.3) is 0 Å². The van der Waals surface area contributed by atoms with Gasteiger partial charge < -0.3 is 5.32 Å². The fraction of sp³-hybridized carbons (Fsp3) is 0.316. The van der Waals surface area contributed by atoms with Crippen LogP contribution < -0.4 is 5.32 Å². The number of nitrogens with zero attached hydrogens (tertiary/aromatic N) is 5. The summed E-state index contributed by atoms with van der Waals surface area (Å²) < 4.78 is 3.20. The zero-order valence-electron chi connectivity index (χ0n) is 16.3. The third-order valence-corrected chi connectivity index (χ3v) is 4.78. The molecule has 1 atom stereocenters. The van der Waals surface area contributed by atoms with E-state index in [4.69, 9.17) is 11.6 Å². The topological polar surface area (TPSA) is 108 Å². The number of rotatable bonds is 7. The summed E-state index contributed by atoms with van der Waals surface area (Å²) in [6, 6.07) is 9.19. The van der Waals surface area contributed by atoms with Crippen LogP contribution in [0, 0.1) is 29.9 Å². The van der Waals surface area contributed by atoms with Crippen molar-refractivity contribution >= 4 is 29.0 Å². The quantitative estimate of drug-likeness (QED) is 0.467. The van der Waals surface area contributed by atoms with Crippen molar-refractivity contribution in [2.24, 2.45) is 5.92 Å². The van der Waals surface area contributed by atoms with Gasteiger partial charge >= 0.3 is 5.69 Å². The van der Waals surface area contributed by atoms with Crippen LogP contribution in [-0.2, 0) is 17.9 Å². The molecule has 0 aliphatic carbocycles. The highest BCUT2D eigenvalue weighted by Crippen LogP contribution is 2.22. The number of aromatic nitrogens is 4. The Bertz CT molecular complexity index is 1060. The monoisotopic (exact) mass is 416 g/mol. The minimum absolute atomic E-state index is 0.0163. The minimum atomic E-state index is -0.453. The fourth-order valence-electron chi connectivity index (χ4n) is 3.06. The summed E-state index contributed by atoms with van der Waals surface area (Å²) in [5, 5.41) is 23.1. The second-order valence-electron chi connectivity index (χ2n) is 6.88. The molecule has 1 amide bonds. The lowest BCUT2D eigenvalue weighted by atomic mass is 10.1. The Kier molecular flexibility index (Phi) is 5.97. The molecule has 0 fully saturated rings. The molecule has 0 spiro atoms. The molecule has 3 aromatic rings. The number of aryl methyl sites for hydroxylation is 1. The predicted octanol–water partition coefficient (Wildman–Crippen LogP) is 3.58. The first kappa shape index (κ1) is 20.5. The Morgan fingerprint density at radius 2 is 2.07 bits per heavy atom. The van der Waals surface area contributed by atoms with Gasteiger partial charge in [-0.3, -0.25) is 24.3 Å². The molecule has 1 unspecified atom stereocenters. The average molecular weight is 417 g/mol. The van der Waals surface area contributed by atoms with Crippen LogP contribution in [0.4, 0.5) is 11.5 Å². The van der Waals surface area contributed by atoms with E-state index in [-0.39, 0.29) is 18.1 Å². The summed E-state index contributed by atoms with van der Waals surface area (Å²) >= 11 is 6.00.